The number of esters is 2. The van der Waals surface area contributed by atoms with Crippen LogP contribution in [-0.4, -0.2) is 205 Å². The van der Waals surface area contributed by atoms with Gasteiger partial charge in [-0.25, -0.2) is 14.4 Å². The second-order valence-corrected chi connectivity index (χ2v) is 41.3. The Morgan fingerprint density at radius 3 is 1.35 bits per heavy atom. The number of ether oxygens (including phenoxy) is 16. The molecular formula is C84H114N6O22Si2. The van der Waals surface area contributed by atoms with E-state index in [4.69, 9.17) is 84.6 Å². The Hall–Kier alpha value is -9.51. The van der Waals surface area contributed by atoms with Crippen LogP contribution in [0.1, 0.15) is 135 Å². The van der Waals surface area contributed by atoms with Gasteiger partial charge in [0.1, 0.15) is 62.7 Å². The van der Waals surface area contributed by atoms with Crippen molar-refractivity contribution in [1.29, 1.82) is 10.5 Å². The fraction of sp³-hybridized carbons (Fsp3) is 0.548. The van der Waals surface area contributed by atoms with Crippen molar-refractivity contribution < 1.29 is 104 Å². The normalized spacial score (nSPS) is 20.5. The summed E-state index contributed by atoms with van der Waals surface area (Å²) in [4.78, 5) is 63.5. The highest BCUT2D eigenvalue weighted by atomic mass is 28.4. The monoisotopic (exact) mass is 1610 g/mol. The second-order valence-electron chi connectivity index (χ2n) is 31.6. The highest BCUT2D eigenvalue weighted by Gasteiger charge is 2.62. The van der Waals surface area contributed by atoms with Gasteiger partial charge in [0, 0.05) is 54.5 Å². The molecule has 10 rings (SSSR count). The van der Waals surface area contributed by atoms with Crippen molar-refractivity contribution in [3.05, 3.63) is 131 Å². The summed E-state index contributed by atoms with van der Waals surface area (Å²) in [5, 5.41) is 22.3. The summed E-state index contributed by atoms with van der Waals surface area (Å²) in [6, 6.07) is 3.54. The Kier molecular flexibility index (Phi) is 29.0. The smallest absolute Gasteiger partial charge is 0.411 e. The molecular weight excluding hydrogens is 1500 g/mol. The number of methoxy groups -OCH3 is 4. The molecule has 2 saturated heterocycles. The molecule has 0 saturated carbocycles. The average molecular weight is 1620 g/mol. The van der Waals surface area contributed by atoms with Crippen LogP contribution in [0.4, 0.5) is 9.59 Å². The van der Waals surface area contributed by atoms with Crippen LogP contribution >= 0.6 is 0 Å². The first-order chi connectivity index (χ1) is 54.2. The van der Waals surface area contributed by atoms with E-state index in [2.05, 4.69) is 106 Å². The van der Waals surface area contributed by atoms with Gasteiger partial charge in [0.05, 0.1) is 88.5 Å². The zero-order valence-electron chi connectivity index (χ0n) is 69.8. The minimum absolute atomic E-state index is 0.00216. The topological polar surface area (TPSA) is 295 Å². The average Bonchev–Trinajstić information content (AvgIpc) is 0.784. The number of amides is 2. The molecule has 0 N–H and O–H groups in total. The van der Waals surface area contributed by atoms with Crippen molar-refractivity contribution in [2.45, 2.75) is 193 Å². The van der Waals surface area contributed by atoms with Crippen LogP contribution in [0.25, 0.3) is 0 Å². The lowest BCUT2D eigenvalue weighted by Crippen LogP contribution is -2.70. The number of fused-ring (bicyclic) bond motifs is 10. The molecule has 4 aromatic carbocycles. The number of hydrogen-bond donors (Lipinski definition) is 0. The number of carbonyl (C=O) groups is 4. The Morgan fingerprint density at radius 2 is 0.965 bits per heavy atom. The van der Waals surface area contributed by atoms with Crippen molar-refractivity contribution in [2.75, 3.05) is 108 Å². The highest BCUT2D eigenvalue weighted by Crippen LogP contribution is 2.59. The summed E-state index contributed by atoms with van der Waals surface area (Å²) >= 11 is 0. The molecule has 28 nitrogen and oxygen atoms in total. The molecule has 2 fully saturated rings. The van der Waals surface area contributed by atoms with Gasteiger partial charge in [-0.1, -0.05) is 104 Å². The van der Waals surface area contributed by atoms with E-state index in [0.29, 0.717) is 90.9 Å². The summed E-state index contributed by atoms with van der Waals surface area (Å²) in [6.07, 6.45) is 5.48. The van der Waals surface area contributed by atoms with Crippen LogP contribution in [0.2, 0.25) is 36.3 Å². The summed E-state index contributed by atoms with van der Waals surface area (Å²) in [5.41, 5.74) is 7.01. The molecule has 6 heterocycles. The molecule has 620 valence electrons. The molecule has 0 radical (unpaired) electrons. The molecule has 10 atom stereocenters. The highest BCUT2D eigenvalue weighted by molar-refractivity contribution is 6.74. The molecule has 2 amide bonds. The summed E-state index contributed by atoms with van der Waals surface area (Å²) < 4.78 is 109. The van der Waals surface area contributed by atoms with E-state index >= 15 is 0 Å². The van der Waals surface area contributed by atoms with Gasteiger partial charge in [0.15, 0.2) is 76.2 Å². The molecule has 6 aliphatic rings. The summed E-state index contributed by atoms with van der Waals surface area (Å²) in [5.74, 6) is 3.17. The maximum absolute atomic E-state index is 14.8. The largest absolute Gasteiger partial charge is 0.493 e. The third-order valence-electron chi connectivity index (χ3n) is 22.7. The van der Waals surface area contributed by atoms with Crippen LogP contribution in [0.5, 0.6) is 57.5 Å². The predicted octanol–water partition coefficient (Wildman–Crippen LogP) is 14.2. The summed E-state index contributed by atoms with van der Waals surface area (Å²) in [7, 11) is 1.13. The molecule has 114 heavy (non-hydrogen) atoms. The van der Waals surface area contributed by atoms with Crippen molar-refractivity contribution in [3.63, 3.8) is 0 Å². The maximum atomic E-state index is 14.8. The number of aryl methyl sites for hydroxylation is 2. The van der Waals surface area contributed by atoms with Gasteiger partial charge in [-0.3, -0.25) is 24.4 Å². The van der Waals surface area contributed by atoms with Crippen molar-refractivity contribution >= 4 is 40.8 Å². The van der Waals surface area contributed by atoms with Gasteiger partial charge in [-0.05, 0) is 118 Å². The Morgan fingerprint density at radius 1 is 0.561 bits per heavy atom. The van der Waals surface area contributed by atoms with E-state index < -0.39 is 101 Å². The van der Waals surface area contributed by atoms with Crippen LogP contribution in [-0.2, 0) is 59.7 Å². The second kappa shape index (κ2) is 37.4. The van der Waals surface area contributed by atoms with Crippen LogP contribution < -0.4 is 47.4 Å². The van der Waals surface area contributed by atoms with Crippen LogP contribution in [0.3, 0.4) is 0 Å². The number of rotatable bonds is 32. The van der Waals surface area contributed by atoms with Crippen molar-refractivity contribution in [1.82, 2.24) is 19.6 Å². The summed E-state index contributed by atoms with van der Waals surface area (Å²) in [6.45, 7) is 47.1. The first-order valence-electron chi connectivity index (χ1n) is 38.2. The third kappa shape index (κ3) is 17.7. The zero-order chi connectivity index (χ0) is 83.6. The van der Waals surface area contributed by atoms with E-state index in [0.717, 1.165) is 22.3 Å². The van der Waals surface area contributed by atoms with Crippen LogP contribution in [0, 0.1) is 50.4 Å². The molecule has 0 unspecified atom stereocenters. The molecule has 30 heteroatoms. The Balaban J connectivity index is 0.000000261. The molecule has 4 aromatic rings. The van der Waals surface area contributed by atoms with Gasteiger partial charge >= 0.3 is 24.1 Å². The number of hydrogen-bond acceptors (Lipinski definition) is 26. The van der Waals surface area contributed by atoms with Gasteiger partial charge in [0.25, 0.3) is 0 Å². The minimum atomic E-state index is -2.54. The number of carbonyl (C=O) groups excluding carboxylic acids is 4. The molecule has 0 aliphatic carbocycles. The molecule has 0 spiro atoms. The maximum Gasteiger partial charge on any atom is 0.411 e. The Bertz CT molecular complexity index is 4310. The van der Waals surface area contributed by atoms with Gasteiger partial charge < -0.3 is 84.6 Å². The minimum Gasteiger partial charge on any atom is -0.493 e. The van der Waals surface area contributed by atoms with Gasteiger partial charge in [-0.2, -0.15) is 10.5 Å². The van der Waals surface area contributed by atoms with Crippen molar-refractivity contribution in [2.24, 2.45) is 0 Å². The SMILES string of the molecule is C=CCOC(=O)N1[C@@H]2c3c(cc(C)c(OC)c3OCC=C)C[C@H]1[C@H](C#N)N([C@@H](C(=O)OCC)c1cc(OCOC)c(C)c3c1OCO3)[C@H]2CO[Si](C)(C)C(C)(C)C.C=CCOC(=O)N1[C@@H]2c3c(cc(C)c(OC)c3OCC=C)C[C@H]1[C@H](C#N)N([C@@H](COC(C)=O)c1cc(OCOC)c(C)c3c1OCO3)[C@H]2CO[Si](C)(C)C(C)(C)C. The fourth-order valence-corrected chi connectivity index (χ4v) is 17.5. The third-order valence-corrected chi connectivity index (χ3v) is 31.7. The van der Waals surface area contributed by atoms with E-state index in [1.165, 1.54) is 33.3 Å². The molecule has 4 bridgehead atoms. The fourth-order valence-electron chi connectivity index (χ4n) is 15.4. The van der Waals surface area contributed by atoms with E-state index in [9.17, 15) is 29.7 Å². The van der Waals surface area contributed by atoms with E-state index in [1.807, 2.05) is 55.7 Å². The lowest BCUT2D eigenvalue weighted by molar-refractivity contribution is -0.158. The van der Waals surface area contributed by atoms with E-state index in [1.54, 1.807) is 49.2 Å². The number of nitriles is 2. The molecule has 0 aromatic heterocycles. The lowest BCUT2D eigenvalue weighted by Gasteiger charge is -2.58. The standard InChI is InChI=1S/2C42H57N3O11Si/c1-13-15-50-40-35-28(17-25(3)37(40)49-10)18-30-31(20-43)44(33(22-56-57(11,12)42(6,7)8)36(35)45(30)41(47)51-16-14-2)32(21-52-27(5)46)29-19-34(53-23-48-9)26(4)38-39(29)55-24-54-38;1-13-16-51-39-33-27(18-25(4)36(39)49-10)19-29-30(21-43)44(31(22-56-57(11,12)42(6,7)8)35(33)45(29)41(47)52-17-14-2)34(40(46)50-15-3)28-20-32(53-23-48-9)26(5)37-38(28)55-24-54-37/h13-14,17,19,30-33,36H,1-2,15-16,18,21-24H2,3-12H3;13-14,18,20,29-31,34-35H,1-2,15-17,19,22-24H2,3-12H3/t30-,31-,32-,33-,36-;29-,30-,31-,34+,35-/m00/s1. The Labute approximate surface area is 672 Å². The van der Waals surface area contributed by atoms with E-state index in [-0.39, 0.29) is 103 Å². The number of piperazine rings is 2. The zero-order valence-corrected chi connectivity index (χ0v) is 71.8. The first-order valence-corrected chi connectivity index (χ1v) is 44.0. The predicted molar refractivity (Wildman–Crippen MR) is 429 cm³/mol. The van der Waals surface area contributed by atoms with Gasteiger partial charge in [-0.15, -0.1) is 0 Å². The lowest BCUT2D eigenvalue weighted by atomic mass is 9.76. The number of nitrogens with zero attached hydrogens (tertiary/aromatic N) is 6. The first kappa shape index (κ1) is 88.4. The molecule has 6 aliphatic heterocycles. The van der Waals surface area contributed by atoms with Gasteiger partial charge in [0.2, 0.25) is 13.6 Å². The number of benzene rings is 4. The quantitative estimate of drug-likeness (QED) is 0.0144. The van der Waals surface area contributed by atoms with Crippen molar-refractivity contribution in [3.8, 4) is 69.6 Å². The van der Waals surface area contributed by atoms with Crippen LogP contribution in [0.15, 0.2) is 74.9 Å².